The zero-order chi connectivity index (χ0) is 14.8. The number of nitrogens with zero attached hydrogens (tertiary/aromatic N) is 1. The Labute approximate surface area is 117 Å². The topological polar surface area (TPSA) is 39.2 Å². The first-order chi connectivity index (χ1) is 9.43. The number of Topliss-reactive ketones (excluding diaryl/α,β-unsaturated/α-hetero) is 1. The molecule has 0 aliphatic rings. The van der Waals surface area contributed by atoms with E-state index in [9.17, 15) is 18.0 Å². The minimum Gasteiger partial charge on any atom is -0.368 e. The Morgan fingerprint density at radius 2 is 1.95 bits per heavy atom. The molecular formula is C13H10F3NO2S. The predicted octanol–water partition coefficient (Wildman–Crippen LogP) is 3.73. The molecule has 3 nitrogen and oxygen atoms in total. The number of carbonyl (C=O) groups excluding carboxylic acids is 1. The van der Waals surface area contributed by atoms with E-state index in [4.69, 9.17) is 4.74 Å². The lowest BCUT2D eigenvalue weighted by Gasteiger charge is -2.13. The van der Waals surface area contributed by atoms with Crippen molar-refractivity contribution in [2.75, 3.05) is 7.11 Å². The average molecular weight is 301 g/mol. The second kappa shape index (κ2) is 5.72. The van der Waals surface area contributed by atoms with Crippen LogP contribution in [-0.4, -0.2) is 17.9 Å². The summed E-state index contributed by atoms with van der Waals surface area (Å²) < 4.78 is 42.5. The van der Waals surface area contributed by atoms with Crippen LogP contribution in [0.4, 0.5) is 13.2 Å². The van der Waals surface area contributed by atoms with Gasteiger partial charge in [-0.2, -0.15) is 13.2 Å². The van der Waals surface area contributed by atoms with Crippen molar-refractivity contribution in [3.63, 3.8) is 0 Å². The van der Waals surface area contributed by atoms with Crippen LogP contribution < -0.4 is 0 Å². The van der Waals surface area contributed by atoms with Gasteiger partial charge >= 0.3 is 6.18 Å². The Kier molecular flexibility index (Phi) is 4.20. The normalized spacial score (nSPS) is 13.2. The molecular weight excluding hydrogens is 291 g/mol. The third-order valence-electron chi connectivity index (χ3n) is 2.57. The Bertz CT molecular complexity index is 595. The Hall–Kier alpha value is -1.73. The van der Waals surface area contributed by atoms with Gasteiger partial charge in [-0.1, -0.05) is 30.3 Å². The van der Waals surface area contributed by atoms with Crippen molar-refractivity contribution >= 4 is 17.1 Å². The van der Waals surface area contributed by atoms with E-state index >= 15 is 0 Å². The summed E-state index contributed by atoms with van der Waals surface area (Å²) in [5.41, 5.74) is 0.585. The smallest absolute Gasteiger partial charge is 0.368 e. The fraction of sp³-hybridized carbons (Fsp3) is 0.231. The van der Waals surface area contributed by atoms with E-state index in [-0.39, 0.29) is 4.88 Å². The Morgan fingerprint density at radius 1 is 1.30 bits per heavy atom. The van der Waals surface area contributed by atoms with Gasteiger partial charge in [-0.25, -0.2) is 4.98 Å². The summed E-state index contributed by atoms with van der Waals surface area (Å²) in [5, 5.41) is -1.04. The molecule has 0 aliphatic carbocycles. The maximum Gasteiger partial charge on any atom is 0.443 e. The number of ketones is 1. The second-order valence-electron chi connectivity index (χ2n) is 3.92. The van der Waals surface area contributed by atoms with Crippen LogP contribution in [0.1, 0.15) is 26.3 Å². The third-order valence-corrected chi connectivity index (χ3v) is 3.62. The van der Waals surface area contributed by atoms with Crippen molar-refractivity contribution in [2.24, 2.45) is 0 Å². The molecule has 0 bridgehead atoms. The highest BCUT2D eigenvalue weighted by molar-refractivity contribution is 7.13. The van der Waals surface area contributed by atoms with Gasteiger partial charge in [0.05, 0.1) is 4.88 Å². The van der Waals surface area contributed by atoms with Crippen molar-refractivity contribution in [3.05, 3.63) is 52.0 Å². The number of rotatable bonds is 4. The molecule has 1 aromatic carbocycles. The number of hydrogen-bond donors (Lipinski definition) is 0. The fourth-order valence-electron chi connectivity index (χ4n) is 1.67. The van der Waals surface area contributed by atoms with E-state index in [1.54, 1.807) is 30.3 Å². The molecule has 1 unspecified atom stereocenters. The molecule has 0 N–H and O–H groups in total. The lowest BCUT2D eigenvalue weighted by Crippen LogP contribution is -2.13. The third kappa shape index (κ3) is 3.05. The van der Waals surface area contributed by atoms with Gasteiger partial charge in [-0.3, -0.25) is 4.79 Å². The van der Waals surface area contributed by atoms with Gasteiger partial charge in [0.15, 0.2) is 5.01 Å². The SMILES string of the molecule is COC(C(=O)c1cnc(C(F)(F)F)s1)c1ccccc1. The summed E-state index contributed by atoms with van der Waals surface area (Å²) in [4.78, 5) is 15.4. The van der Waals surface area contributed by atoms with Crippen LogP contribution in [-0.2, 0) is 10.9 Å². The second-order valence-corrected chi connectivity index (χ2v) is 4.95. The fourth-order valence-corrected chi connectivity index (χ4v) is 2.41. The number of benzene rings is 1. The molecule has 106 valence electrons. The lowest BCUT2D eigenvalue weighted by atomic mass is 10.1. The van der Waals surface area contributed by atoms with E-state index in [1.807, 2.05) is 0 Å². The van der Waals surface area contributed by atoms with Crippen LogP contribution >= 0.6 is 11.3 Å². The van der Waals surface area contributed by atoms with Gasteiger partial charge in [-0.15, -0.1) is 11.3 Å². The molecule has 2 rings (SSSR count). The molecule has 20 heavy (non-hydrogen) atoms. The molecule has 0 saturated carbocycles. The highest BCUT2D eigenvalue weighted by Gasteiger charge is 2.36. The summed E-state index contributed by atoms with van der Waals surface area (Å²) in [7, 11) is 1.33. The number of hydrogen-bond acceptors (Lipinski definition) is 4. The molecule has 2 aromatic rings. The van der Waals surface area contributed by atoms with Gasteiger partial charge in [0.2, 0.25) is 5.78 Å². The molecule has 0 aliphatic heterocycles. The largest absolute Gasteiger partial charge is 0.443 e. The van der Waals surface area contributed by atoms with Crippen molar-refractivity contribution in [1.29, 1.82) is 0 Å². The van der Waals surface area contributed by atoms with Crippen LogP contribution in [0, 0.1) is 0 Å². The number of aromatic nitrogens is 1. The summed E-state index contributed by atoms with van der Waals surface area (Å²) in [6.07, 6.45) is -4.54. The minimum atomic E-state index is -4.54. The highest BCUT2D eigenvalue weighted by Crippen LogP contribution is 2.34. The molecule has 0 spiro atoms. The van der Waals surface area contributed by atoms with Crippen molar-refractivity contribution in [3.8, 4) is 0 Å². The number of ether oxygens (including phenoxy) is 1. The lowest BCUT2D eigenvalue weighted by molar-refractivity contribution is -0.137. The number of halogens is 3. The molecule has 7 heteroatoms. The van der Waals surface area contributed by atoms with Crippen LogP contribution in [0.2, 0.25) is 0 Å². The first kappa shape index (κ1) is 14.7. The van der Waals surface area contributed by atoms with Crippen molar-refractivity contribution in [1.82, 2.24) is 4.98 Å². The number of thiazole rings is 1. The van der Waals surface area contributed by atoms with Crippen LogP contribution in [0.3, 0.4) is 0 Å². The summed E-state index contributed by atoms with van der Waals surface area (Å²) in [6, 6.07) is 8.58. The monoisotopic (exact) mass is 301 g/mol. The standard InChI is InChI=1S/C13H10F3NO2S/c1-19-11(8-5-3-2-4-6-8)10(18)9-7-17-12(20-9)13(14,15)16/h2-7,11H,1H3. The average Bonchev–Trinajstić information content (AvgIpc) is 2.90. The van der Waals surface area contributed by atoms with E-state index in [0.717, 1.165) is 6.20 Å². The van der Waals surface area contributed by atoms with Crippen molar-refractivity contribution < 1.29 is 22.7 Å². The summed E-state index contributed by atoms with van der Waals surface area (Å²) >= 11 is 0.321. The van der Waals surface area contributed by atoms with Crippen LogP contribution in [0.15, 0.2) is 36.5 Å². The predicted molar refractivity (Wildman–Crippen MR) is 67.6 cm³/mol. The zero-order valence-electron chi connectivity index (χ0n) is 10.3. The zero-order valence-corrected chi connectivity index (χ0v) is 11.2. The van der Waals surface area contributed by atoms with E-state index in [1.165, 1.54) is 7.11 Å². The van der Waals surface area contributed by atoms with Gasteiger partial charge in [0.25, 0.3) is 0 Å². The molecule has 1 aromatic heterocycles. The first-order valence-electron chi connectivity index (χ1n) is 5.58. The van der Waals surface area contributed by atoms with E-state index in [0.29, 0.717) is 16.9 Å². The number of methoxy groups -OCH3 is 1. The van der Waals surface area contributed by atoms with E-state index < -0.39 is 23.1 Å². The molecule has 1 atom stereocenters. The van der Waals surface area contributed by atoms with Crippen LogP contribution in [0.25, 0.3) is 0 Å². The number of alkyl halides is 3. The van der Waals surface area contributed by atoms with Gasteiger partial charge in [-0.05, 0) is 5.56 Å². The van der Waals surface area contributed by atoms with E-state index in [2.05, 4.69) is 4.98 Å². The molecule has 0 radical (unpaired) electrons. The molecule has 0 fully saturated rings. The minimum absolute atomic E-state index is 0.0759. The maximum absolute atomic E-state index is 12.5. The van der Waals surface area contributed by atoms with Crippen LogP contribution in [0.5, 0.6) is 0 Å². The quantitative estimate of drug-likeness (QED) is 0.808. The molecule has 0 amide bonds. The highest BCUT2D eigenvalue weighted by atomic mass is 32.1. The van der Waals surface area contributed by atoms with Crippen molar-refractivity contribution in [2.45, 2.75) is 12.3 Å². The first-order valence-corrected chi connectivity index (χ1v) is 6.40. The van der Waals surface area contributed by atoms with Gasteiger partial charge in [0, 0.05) is 13.3 Å². The maximum atomic E-state index is 12.5. The Balaban J connectivity index is 2.28. The summed E-state index contributed by atoms with van der Waals surface area (Å²) in [6.45, 7) is 0. The Morgan fingerprint density at radius 3 is 2.45 bits per heavy atom. The molecule has 1 heterocycles. The summed E-state index contributed by atoms with van der Waals surface area (Å²) in [5.74, 6) is -0.535. The number of carbonyl (C=O) groups is 1. The molecule has 0 saturated heterocycles. The van der Waals surface area contributed by atoms with Gasteiger partial charge in [0.1, 0.15) is 6.10 Å². The van der Waals surface area contributed by atoms with Gasteiger partial charge < -0.3 is 4.74 Å².